The predicted octanol–water partition coefficient (Wildman–Crippen LogP) is 2.10. The molecule has 1 atom stereocenters. The largest absolute Gasteiger partial charge is 0.486 e. The molecular weight excluding hydrogens is 240 g/mol. The van der Waals surface area contributed by atoms with Gasteiger partial charge in [-0.3, -0.25) is 4.98 Å². The van der Waals surface area contributed by atoms with Crippen molar-refractivity contribution in [2.24, 2.45) is 5.73 Å². The Kier molecular flexibility index (Phi) is 3.33. The van der Waals surface area contributed by atoms with Gasteiger partial charge in [0.15, 0.2) is 11.5 Å². The molecule has 1 aliphatic heterocycles. The van der Waals surface area contributed by atoms with Gasteiger partial charge >= 0.3 is 0 Å². The minimum absolute atomic E-state index is 0.112. The molecule has 1 aromatic carbocycles. The van der Waals surface area contributed by atoms with Crippen molar-refractivity contribution in [3.63, 3.8) is 0 Å². The van der Waals surface area contributed by atoms with Crippen LogP contribution in [0.15, 0.2) is 42.7 Å². The van der Waals surface area contributed by atoms with Crippen LogP contribution in [0.1, 0.15) is 17.2 Å². The zero-order valence-electron chi connectivity index (χ0n) is 10.6. The Bertz CT molecular complexity index is 557. The minimum Gasteiger partial charge on any atom is -0.486 e. The van der Waals surface area contributed by atoms with Crippen molar-refractivity contribution >= 4 is 0 Å². The van der Waals surface area contributed by atoms with E-state index >= 15 is 0 Å². The monoisotopic (exact) mass is 256 g/mol. The third-order valence-electron chi connectivity index (χ3n) is 3.20. The third kappa shape index (κ3) is 2.53. The lowest BCUT2D eigenvalue weighted by atomic mass is 9.99. The summed E-state index contributed by atoms with van der Waals surface area (Å²) < 4.78 is 11.3. The first-order chi connectivity index (χ1) is 9.34. The number of benzene rings is 1. The summed E-state index contributed by atoms with van der Waals surface area (Å²) in [5, 5.41) is 0. The fourth-order valence-electron chi connectivity index (χ4n) is 2.27. The molecule has 4 nitrogen and oxygen atoms in total. The molecule has 0 fully saturated rings. The maximum Gasteiger partial charge on any atom is 0.166 e. The van der Waals surface area contributed by atoms with E-state index in [9.17, 15) is 0 Å². The van der Waals surface area contributed by atoms with Crippen LogP contribution in [-0.4, -0.2) is 18.2 Å². The highest BCUT2D eigenvalue weighted by Crippen LogP contribution is 2.36. The maximum atomic E-state index is 6.30. The summed E-state index contributed by atoms with van der Waals surface area (Å²) in [5.74, 6) is 1.57. The first kappa shape index (κ1) is 12.0. The molecule has 19 heavy (non-hydrogen) atoms. The molecule has 4 heteroatoms. The summed E-state index contributed by atoms with van der Waals surface area (Å²) in [7, 11) is 0. The predicted molar refractivity (Wildman–Crippen MR) is 72.3 cm³/mol. The number of fused-ring (bicyclic) bond motifs is 1. The molecule has 98 valence electrons. The van der Waals surface area contributed by atoms with Crippen LogP contribution in [0.5, 0.6) is 11.5 Å². The third-order valence-corrected chi connectivity index (χ3v) is 3.20. The molecule has 3 rings (SSSR count). The van der Waals surface area contributed by atoms with E-state index in [1.54, 1.807) is 12.4 Å². The van der Waals surface area contributed by atoms with Crippen LogP contribution in [-0.2, 0) is 6.42 Å². The molecule has 0 saturated heterocycles. The van der Waals surface area contributed by atoms with Crippen LogP contribution in [0.4, 0.5) is 0 Å². The van der Waals surface area contributed by atoms with Crippen molar-refractivity contribution in [2.75, 3.05) is 13.2 Å². The fraction of sp³-hybridized carbons (Fsp3) is 0.267. The summed E-state index contributed by atoms with van der Waals surface area (Å²) in [6.45, 7) is 1.17. The zero-order chi connectivity index (χ0) is 13.1. The van der Waals surface area contributed by atoms with Crippen LogP contribution in [0.3, 0.4) is 0 Å². The highest BCUT2D eigenvalue weighted by Gasteiger charge is 2.19. The number of aromatic nitrogens is 1. The van der Waals surface area contributed by atoms with Gasteiger partial charge in [0, 0.05) is 24.0 Å². The van der Waals surface area contributed by atoms with Gasteiger partial charge in [0.05, 0.1) is 0 Å². The van der Waals surface area contributed by atoms with Gasteiger partial charge in [0.2, 0.25) is 0 Å². The standard InChI is InChI=1S/C15H16N2O2/c16-13(10-11-4-6-17-7-5-11)12-2-1-3-14-15(12)19-9-8-18-14/h1-7,13H,8-10,16H2. The van der Waals surface area contributed by atoms with Crippen molar-refractivity contribution in [1.29, 1.82) is 0 Å². The smallest absolute Gasteiger partial charge is 0.166 e. The van der Waals surface area contributed by atoms with E-state index in [2.05, 4.69) is 4.98 Å². The van der Waals surface area contributed by atoms with Gasteiger partial charge in [-0.25, -0.2) is 0 Å². The summed E-state index contributed by atoms with van der Waals surface area (Å²) in [6.07, 6.45) is 4.31. The average Bonchev–Trinajstić information content (AvgIpc) is 2.47. The van der Waals surface area contributed by atoms with Gasteiger partial charge in [0.25, 0.3) is 0 Å². The van der Waals surface area contributed by atoms with Gasteiger partial charge in [0.1, 0.15) is 13.2 Å². The maximum absolute atomic E-state index is 6.30. The number of ether oxygens (including phenoxy) is 2. The van der Waals surface area contributed by atoms with Crippen molar-refractivity contribution in [3.05, 3.63) is 53.9 Å². The molecule has 0 bridgehead atoms. The number of pyridine rings is 1. The highest BCUT2D eigenvalue weighted by molar-refractivity contribution is 5.49. The Morgan fingerprint density at radius 1 is 1.11 bits per heavy atom. The number of para-hydroxylation sites is 1. The number of hydrogen-bond acceptors (Lipinski definition) is 4. The summed E-state index contributed by atoms with van der Waals surface area (Å²) in [6, 6.07) is 9.71. The molecule has 1 aromatic heterocycles. The topological polar surface area (TPSA) is 57.4 Å². The van der Waals surface area contributed by atoms with Gasteiger partial charge in [-0.2, -0.15) is 0 Å². The number of hydrogen-bond donors (Lipinski definition) is 1. The summed E-state index contributed by atoms with van der Waals surface area (Å²) in [4.78, 5) is 4.01. The summed E-state index contributed by atoms with van der Waals surface area (Å²) >= 11 is 0. The highest BCUT2D eigenvalue weighted by atomic mass is 16.6. The molecular formula is C15H16N2O2. The Labute approximate surface area is 112 Å². The molecule has 1 unspecified atom stereocenters. The Morgan fingerprint density at radius 3 is 2.74 bits per heavy atom. The average molecular weight is 256 g/mol. The molecule has 2 aromatic rings. The van der Waals surface area contributed by atoms with Gasteiger partial charge < -0.3 is 15.2 Å². The minimum atomic E-state index is -0.112. The Hall–Kier alpha value is -2.07. The van der Waals surface area contributed by atoms with E-state index in [1.807, 2.05) is 30.3 Å². The van der Waals surface area contributed by atoms with Crippen LogP contribution >= 0.6 is 0 Å². The van der Waals surface area contributed by atoms with Crippen molar-refractivity contribution < 1.29 is 9.47 Å². The normalized spacial score (nSPS) is 15.0. The molecule has 1 aliphatic rings. The second-order valence-corrected chi connectivity index (χ2v) is 4.54. The lowest BCUT2D eigenvalue weighted by Crippen LogP contribution is -2.20. The van der Waals surface area contributed by atoms with Crippen LogP contribution < -0.4 is 15.2 Å². The van der Waals surface area contributed by atoms with E-state index in [4.69, 9.17) is 15.2 Å². The molecule has 0 radical (unpaired) electrons. The molecule has 0 saturated carbocycles. The lowest BCUT2D eigenvalue weighted by Gasteiger charge is -2.23. The van der Waals surface area contributed by atoms with E-state index in [0.717, 1.165) is 29.0 Å². The zero-order valence-corrected chi connectivity index (χ0v) is 10.6. The molecule has 0 aliphatic carbocycles. The first-order valence-corrected chi connectivity index (χ1v) is 6.37. The number of rotatable bonds is 3. The Morgan fingerprint density at radius 2 is 1.89 bits per heavy atom. The molecule has 2 heterocycles. The van der Waals surface area contributed by atoms with Crippen LogP contribution in [0.2, 0.25) is 0 Å². The SMILES string of the molecule is NC(Cc1ccncc1)c1cccc2c1OCCO2. The van der Waals surface area contributed by atoms with Gasteiger partial charge in [-0.05, 0) is 30.2 Å². The number of nitrogens with zero attached hydrogens (tertiary/aromatic N) is 1. The van der Waals surface area contributed by atoms with Crippen LogP contribution in [0.25, 0.3) is 0 Å². The number of nitrogens with two attached hydrogens (primary N) is 1. The molecule has 0 amide bonds. The van der Waals surface area contributed by atoms with Crippen molar-refractivity contribution in [3.8, 4) is 11.5 Å². The lowest BCUT2D eigenvalue weighted by molar-refractivity contribution is 0.169. The fourth-order valence-corrected chi connectivity index (χ4v) is 2.27. The Balaban J connectivity index is 1.86. The molecule has 0 spiro atoms. The van der Waals surface area contributed by atoms with Crippen LogP contribution in [0, 0.1) is 0 Å². The van der Waals surface area contributed by atoms with E-state index < -0.39 is 0 Å². The van der Waals surface area contributed by atoms with E-state index in [-0.39, 0.29) is 6.04 Å². The van der Waals surface area contributed by atoms with Gasteiger partial charge in [-0.1, -0.05) is 12.1 Å². The first-order valence-electron chi connectivity index (χ1n) is 6.37. The van der Waals surface area contributed by atoms with E-state index in [1.165, 1.54) is 0 Å². The second-order valence-electron chi connectivity index (χ2n) is 4.54. The molecule has 2 N–H and O–H groups in total. The second kappa shape index (κ2) is 5.28. The quantitative estimate of drug-likeness (QED) is 0.913. The van der Waals surface area contributed by atoms with Crippen molar-refractivity contribution in [1.82, 2.24) is 4.98 Å². The van der Waals surface area contributed by atoms with Crippen molar-refractivity contribution in [2.45, 2.75) is 12.5 Å². The summed E-state index contributed by atoms with van der Waals surface area (Å²) in [5.41, 5.74) is 8.45. The van der Waals surface area contributed by atoms with Gasteiger partial charge in [-0.15, -0.1) is 0 Å². The van der Waals surface area contributed by atoms with E-state index in [0.29, 0.717) is 13.2 Å².